The molecule has 1 rings (SSSR count). The zero-order chi connectivity index (χ0) is 14.3. The first-order chi connectivity index (χ1) is 9.11. The van der Waals surface area contributed by atoms with Gasteiger partial charge in [-0.2, -0.15) is 0 Å². The van der Waals surface area contributed by atoms with Gasteiger partial charge in [-0.25, -0.2) is 0 Å². The lowest BCUT2D eigenvalue weighted by Gasteiger charge is -2.48. The standard InChI is InChI=1S/C17H36N2/c1-5-12-19(13-16(6-2)7-3)17(14-18)10-8-15(4)9-11-17/h15-16H,5-14,18H2,1-4H3. The molecule has 0 aromatic carbocycles. The van der Waals surface area contributed by atoms with Gasteiger partial charge < -0.3 is 5.73 Å². The average Bonchev–Trinajstić information content (AvgIpc) is 2.45. The second kappa shape index (κ2) is 8.26. The van der Waals surface area contributed by atoms with Crippen molar-refractivity contribution in [1.29, 1.82) is 0 Å². The molecule has 2 N–H and O–H groups in total. The van der Waals surface area contributed by atoms with E-state index in [-0.39, 0.29) is 0 Å². The number of hydrogen-bond acceptors (Lipinski definition) is 2. The lowest BCUT2D eigenvalue weighted by atomic mass is 9.75. The molecule has 1 aliphatic carbocycles. The van der Waals surface area contributed by atoms with E-state index in [1.165, 1.54) is 58.0 Å². The Morgan fingerprint density at radius 1 is 1.16 bits per heavy atom. The molecule has 0 heterocycles. The molecule has 0 radical (unpaired) electrons. The van der Waals surface area contributed by atoms with Crippen molar-refractivity contribution in [3.63, 3.8) is 0 Å². The summed E-state index contributed by atoms with van der Waals surface area (Å²) in [4.78, 5) is 2.76. The molecule has 0 saturated heterocycles. The Hall–Kier alpha value is -0.0800. The van der Waals surface area contributed by atoms with Gasteiger partial charge >= 0.3 is 0 Å². The maximum Gasteiger partial charge on any atom is 0.0332 e. The highest BCUT2D eigenvalue weighted by atomic mass is 15.2. The van der Waals surface area contributed by atoms with Crippen LogP contribution < -0.4 is 5.73 Å². The van der Waals surface area contributed by atoms with Gasteiger partial charge in [0.2, 0.25) is 0 Å². The Morgan fingerprint density at radius 2 is 1.74 bits per heavy atom. The smallest absolute Gasteiger partial charge is 0.0332 e. The quantitative estimate of drug-likeness (QED) is 0.720. The molecule has 0 spiro atoms. The normalized spacial score (nSPS) is 28.3. The van der Waals surface area contributed by atoms with Gasteiger partial charge in [0.05, 0.1) is 0 Å². The molecule has 114 valence electrons. The first-order valence-corrected chi connectivity index (χ1v) is 8.56. The molecule has 2 heteroatoms. The first kappa shape index (κ1) is 17.0. The van der Waals surface area contributed by atoms with Gasteiger partial charge in [0.15, 0.2) is 0 Å². The van der Waals surface area contributed by atoms with Crippen molar-refractivity contribution in [3.05, 3.63) is 0 Å². The molecule has 0 atom stereocenters. The molecule has 0 unspecified atom stereocenters. The maximum atomic E-state index is 6.23. The number of rotatable bonds is 8. The van der Waals surface area contributed by atoms with Crippen LogP contribution in [-0.2, 0) is 0 Å². The molecule has 0 aromatic heterocycles. The summed E-state index contributed by atoms with van der Waals surface area (Å²) in [7, 11) is 0. The van der Waals surface area contributed by atoms with Gasteiger partial charge in [-0.05, 0) is 50.5 Å². The maximum absolute atomic E-state index is 6.23. The van der Waals surface area contributed by atoms with Crippen LogP contribution >= 0.6 is 0 Å². The second-order valence-corrected chi connectivity index (χ2v) is 6.74. The van der Waals surface area contributed by atoms with Crippen molar-refractivity contribution in [2.24, 2.45) is 17.6 Å². The molecule has 2 nitrogen and oxygen atoms in total. The van der Waals surface area contributed by atoms with Crippen molar-refractivity contribution in [1.82, 2.24) is 4.90 Å². The van der Waals surface area contributed by atoms with Crippen LogP contribution in [0.5, 0.6) is 0 Å². The number of hydrogen-bond donors (Lipinski definition) is 1. The lowest BCUT2D eigenvalue weighted by Crippen LogP contribution is -2.57. The van der Waals surface area contributed by atoms with Gasteiger partial charge in [0, 0.05) is 18.6 Å². The average molecular weight is 268 g/mol. The van der Waals surface area contributed by atoms with Crippen LogP contribution in [0.1, 0.15) is 72.6 Å². The summed E-state index contributed by atoms with van der Waals surface area (Å²) in [6.45, 7) is 12.7. The van der Waals surface area contributed by atoms with Crippen LogP contribution in [0.15, 0.2) is 0 Å². The molecule has 1 saturated carbocycles. The van der Waals surface area contributed by atoms with E-state index in [0.29, 0.717) is 5.54 Å². The Kier molecular flexibility index (Phi) is 7.38. The van der Waals surface area contributed by atoms with Crippen LogP contribution in [0.25, 0.3) is 0 Å². The van der Waals surface area contributed by atoms with Gasteiger partial charge in [0.1, 0.15) is 0 Å². The number of nitrogens with two attached hydrogens (primary N) is 1. The SMILES string of the molecule is CCCN(CC(CC)CC)C1(CN)CCC(C)CC1. The fourth-order valence-electron chi connectivity index (χ4n) is 3.60. The summed E-state index contributed by atoms with van der Waals surface area (Å²) in [5.41, 5.74) is 6.54. The largest absolute Gasteiger partial charge is 0.329 e. The fraction of sp³-hybridized carbons (Fsp3) is 1.00. The molecule has 1 aliphatic rings. The molecule has 0 bridgehead atoms. The van der Waals surface area contributed by atoms with Crippen LogP contribution in [0, 0.1) is 11.8 Å². The Morgan fingerprint density at radius 3 is 2.16 bits per heavy atom. The minimum Gasteiger partial charge on any atom is -0.329 e. The van der Waals surface area contributed by atoms with E-state index in [1.807, 2.05) is 0 Å². The molecule has 19 heavy (non-hydrogen) atoms. The van der Waals surface area contributed by atoms with Crippen molar-refractivity contribution in [3.8, 4) is 0 Å². The Labute approximate surface area is 121 Å². The van der Waals surface area contributed by atoms with E-state index < -0.39 is 0 Å². The highest BCUT2D eigenvalue weighted by molar-refractivity contribution is 4.95. The fourth-order valence-corrected chi connectivity index (χ4v) is 3.60. The monoisotopic (exact) mass is 268 g/mol. The minimum atomic E-state index is 0.311. The van der Waals surface area contributed by atoms with Crippen molar-refractivity contribution < 1.29 is 0 Å². The highest BCUT2D eigenvalue weighted by Gasteiger charge is 2.38. The second-order valence-electron chi connectivity index (χ2n) is 6.74. The summed E-state index contributed by atoms with van der Waals surface area (Å²) in [5, 5.41) is 0. The molecular weight excluding hydrogens is 232 g/mol. The molecule has 0 aromatic rings. The van der Waals surface area contributed by atoms with Crippen molar-refractivity contribution >= 4 is 0 Å². The Bertz CT molecular complexity index is 227. The molecule has 1 fully saturated rings. The van der Waals surface area contributed by atoms with E-state index in [2.05, 4.69) is 32.6 Å². The third kappa shape index (κ3) is 4.46. The van der Waals surface area contributed by atoms with Crippen molar-refractivity contribution in [2.75, 3.05) is 19.6 Å². The van der Waals surface area contributed by atoms with Crippen LogP contribution in [-0.4, -0.2) is 30.1 Å². The number of nitrogens with zero attached hydrogens (tertiary/aromatic N) is 1. The molecular formula is C17H36N2. The van der Waals surface area contributed by atoms with E-state index in [1.54, 1.807) is 0 Å². The minimum absolute atomic E-state index is 0.311. The van der Waals surface area contributed by atoms with Crippen LogP contribution in [0.4, 0.5) is 0 Å². The zero-order valence-electron chi connectivity index (χ0n) is 13.8. The summed E-state index contributed by atoms with van der Waals surface area (Å²) < 4.78 is 0. The van der Waals surface area contributed by atoms with Crippen LogP contribution in [0.2, 0.25) is 0 Å². The summed E-state index contributed by atoms with van der Waals surface area (Å²) in [5.74, 6) is 1.74. The van der Waals surface area contributed by atoms with Gasteiger partial charge in [-0.1, -0.05) is 40.5 Å². The molecule has 0 aliphatic heterocycles. The predicted octanol–water partition coefficient (Wildman–Crippen LogP) is 4.04. The topological polar surface area (TPSA) is 29.3 Å². The van der Waals surface area contributed by atoms with Gasteiger partial charge in [-0.3, -0.25) is 4.90 Å². The Balaban J connectivity index is 2.75. The van der Waals surface area contributed by atoms with Crippen LogP contribution in [0.3, 0.4) is 0 Å². The predicted molar refractivity (Wildman–Crippen MR) is 85.4 cm³/mol. The summed E-state index contributed by atoms with van der Waals surface area (Å²) >= 11 is 0. The van der Waals surface area contributed by atoms with E-state index in [0.717, 1.165) is 18.4 Å². The third-order valence-electron chi connectivity index (χ3n) is 5.38. The summed E-state index contributed by atoms with van der Waals surface area (Å²) in [6.07, 6.45) is 9.19. The van der Waals surface area contributed by atoms with E-state index in [9.17, 15) is 0 Å². The zero-order valence-corrected chi connectivity index (χ0v) is 13.8. The first-order valence-electron chi connectivity index (χ1n) is 8.56. The van der Waals surface area contributed by atoms with Crippen molar-refractivity contribution in [2.45, 2.75) is 78.2 Å². The lowest BCUT2D eigenvalue weighted by molar-refractivity contribution is 0.0305. The van der Waals surface area contributed by atoms with E-state index >= 15 is 0 Å². The molecule has 0 amide bonds. The summed E-state index contributed by atoms with van der Waals surface area (Å²) in [6, 6.07) is 0. The van der Waals surface area contributed by atoms with E-state index in [4.69, 9.17) is 5.73 Å². The van der Waals surface area contributed by atoms with Gasteiger partial charge in [0.25, 0.3) is 0 Å². The highest BCUT2D eigenvalue weighted by Crippen LogP contribution is 2.36. The third-order valence-corrected chi connectivity index (χ3v) is 5.38. The van der Waals surface area contributed by atoms with Gasteiger partial charge in [-0.15, -0.1) is 0 Å².